The van der Waals surface area contributed by atoms with Crippen LogP contribution in [0.15, 0.2) is 18.2 Å². The third kappa shape index (κ3) is 1.63. The summed E-state index contributed by atoms with van der Waals surface area (Å²) in [6.07, 6.45) is 2.81. The second-order valence-electron chi connectivity index (χ2n) is 4.49. The second-order valence-corrected chi connectivity index (χ2v) is 4.49. The molecule has 0 aromatic heterocycles. The standard InChI is InChI=1S/C13H18/c1-9(2)12-5-4-6-13(10(12)3)11-7-8-11/h4-6,9,11H,7-8H2,1-3H3. The normalized spacial score (nSPS) is 16.6. The minimum absolute atomic E-state index is 0.665. The Morgan fingerprint density at radius 1 is 1.23 bits per heavy atom. The van der Waals surface area contributed by atoms with Gasteiger partial charge in [-0.3, -0.25) is 0 Å². The molecule has 1 saturated carbocycles. The molecule has 2 rings (SSSR count). The maximum absolute atomic E-state index is 2.30. The average molecular weight is 174 g/mol. The van der Waals surface area contributed by atoms with Gasteiger partial charge in [0.25, 0.3) is 0 Å². The lowest BCUT2D eigenvalue weighted by Crippen LogP contribution is -1.95. The molecule has 0 amide bonds. The molecule has 0 N–H and O–H groups in total. The van der Waals surface area contributed by atoms with Crippen molar-refractivity contribution in [3.05, 3.63) is 34.9 Å². The van der Waals surface area contributed by atoms with Crippen molar-refractivity contribution >= 4 is 0 Å². The molecule has 0 aliphatic heterocycles. The lowest BCUT2D eigenvalue weighted by atomic mass is 9.92. The van der Waals surface area contributed by atoms with Gasteiger partial charge in [0.2, 0.25) is 0 Å². The molecular weight excluding hydrogens is 156 g/mol. The van der Waals surface area contributed by atoms with Gasteiger partial charge < -0.3 is 0 Å². The topological polar surface area (TPSA) is 0 Å². The van der Waals surface area contributed by atoms with Crippen molar-refractivity contribution in [3.8, 4) is 0 Å². The second kappa shape index (κ2) is 3.17. The maximum Gasteiger partial charge on any atom is -0.0159 e. The van der Waals surface area contributed by atoms with Gasteiger partial charge in [0.1, 0.15) is 0 Å². The van der Waals surface area contributed by atoms with Gasteiger partial charge in [-0.05, 0) is 48.3 Å². The highest BCUT2D eigenvalue weighted by Crippen LogP contribution is 2.42. The first-order valence-electron chi connectivity index (χ1n) is 5.29. The molecule has 0 heterocycles. The van der Waals surface area contributed by atoms with E-state index in [1.165, 1.54) is 18.4 Å². The largest absolute Gasteiger partial charge is 0.0617 e. The van der Waals surface area contributed by atoms with Gasteiger partial charge in [-0.1, -0.05) is 32.0 Å². The quantitative estimate of drug-likeness (QED) is 0.635. The van der Waals surface area contributed by atoms with E-state index in [2.05, 4.69) is 39.0 Å². The Balaban J connectivity index is 2.41. The Hall–Kier alpha value is -0.780. The molecule has 13 heavy (non-hydrogen) atoms. The first kappa shape index (κ1) is 8.80. The lowest BCUT2D eigenvalue weighted by molar-refractivity contribution is 0.849. The lowest BCUT2D eigenvalue weighted by Gasteiger charge is -2.13. The molecule has 0 heteroatoms. The molecule has 1 aliphatic carbocycles. The van der Waals surface area contributed by atoms with Gasteiger partial charge >= 0.3 is 0 Å². The Morgan fingerprint density at radius 3 is 2.46 bits per heavy atom. The van der Waals surface area contributed by atoms with Crippen LogP contribution in [0.1, 0.15) is 55.2 Å². The molecule has 0 bridgehead atoms. The zero-order valence-electron chi connectivity index (χ0n) is 8.80. The molecule has 1 fully saturated rings. The Morgan fingerprint density at radius 2 is 1.92 bits per heavy atom. The predicted molar refractivity (Wildman–Crippen MR) is 57.2 cm³/mol. The van der Waals surface area contributed by atoms with Crippen LogP contribution in [0.4, 0.5) is 0 Å². The molecule has 0 saturated heterocycles. The minimum atomic E-state index is 0.665. The summed E-state index contributed by atoms with van der Waals surface area (Å²) in [7, 11) is 0. The first-order chi connectivity index (χ1) is 6.20. The smallest absolute Gasteiger partial charge is 0.0159 e. The van der Waals surface area contributed by atoms with Gasteiger partial charge in [0, 0.05) is 0 Å². The summed E-state index contributed by atoms with van der Waals surface area (Å²) < 4.78 is 0. The van der Waals surface area contributed by atoms with Crippen molar-refractivity contribution in [2.75, 3.05) is 0 Å². The van der Waals surface area contributed by atoms with E-state index in [9.17, 15) is 0 Å². The average Bonchev–Trinajstić information content (AvgIpc) is 2.87. The van der Waals surface area contributed by atoms with Gasteiger partial charge in [-0.2, -0.15) is 0 Å². The third-order valence-corrected chi connectivity index (χ3v) is 3.06. The van der Waals surface area contributed by atoms with Crippen LogP contribution in [0.3, 0.4) is 0 Å². The summed E-state index contributed by atoms with van der Waals surface area (Å²) in [4.78, 5) is 0. The first-order valence-corrected chi connectivity index (χ1v) is 5.29. The predicted octanol–water partition coefficient (Wildman–Crippen LogP) is 4.00. The Bertz CT molecular complexity index is 286. The summed E-state index contributed by atoms with van der Waals surface area (Å²) in [5.74, 6) is 1.55. The van der Waals surface area contributed by atoms with E-state index in [-0.39, 0.29) is 0 Å². The van der Waals surface area contributed by atoms with Crippen LogP contribution in [0, 0.1) is 6.92 Å². The Labute approximate surface area is 81.0 Å². The molecule has 0 atom stereocenters. The maximum atomic E-state index is 2.30. The van der Waals surface area contributed by atoms with Crippen LogP contribution < -0.4 is 0 Å². The van der Waals surface area contributed by atoms with E-state index in [0.717, 1.165) is 5.92 Å². The SMILES string of the molecule is Cc1c(C(C)C)cccc1C1CC1. The zero-order chi connectivity index (χ0) is 9.42. The van der Waals surface area contributed by atoms with Crippen LogP contribution >= 0.6 is 0 Å². The van der Waals surface area contributed by atoms with Crippen LogP contribution in [-0.2, 0) is 0 Å². The highest BCUT2D eigenvalue weighted by molar-refractivity contribution is 5.39. The van der Waals surface area contributed by atoms with E-state index in [0.29, 0.717) is 5.92 Å². The van der Waals surface area contributed by atoms with Crippen LogP contribution in [0.25, 0.3) is 0 Å². The number of hydrogen-bond donors (Lipinski definition) is 0. The van der Waals surface area contributed by atoms with E-state index in [1.54, 1.807) is 11.1 Å². The fourth-order valence-electron chi connectivity index (χ4n) is 2.13. The molecule has 0 radical (unpaired) electrons. The number of hydrogen-bond acceptors (Lipinski definition) is 0. The number of benzene rings is 1. The van der Waals surface area contributed by atoms with E-state index in [1.807, 2.05) is 0 Å². The third-order valence-electron chi connectivity index (χ3n) is 3.06. The van der Waals surface area contributed by atoms with Crippen molar-refractivity contribution in [1.82, 2.24) is 0 Å². The van der Waals surface area contributed by atoms with E-state index < -0.39 is 0 Å². The van der Waals surface area contributed by atoms with Gasteiger partial charge in [0.15, 0.2) is 0 Å². The highest BCUT2D eigenvalue weighted by atomic mass is 14.3. The molecule has 0 spiro atoms. The van der Waals surface area contributed by atoms with Crippen molar-refractivity contribution in [2.24, 2.45) is 0 Å². The monoisotopic (exact) mass is 174 g/mol. The van der Waals surface area contributed by atoms with Crippen LogP contribution in [0.2, 0.25) is 0 Å². The summed E-state index contributed by atoms with van der Waals surface area (Å²) in [5.41, 5.74) is 4.68. The molecule has 1 aromatic rings. The number of rotatable bonds is 2. The fourth-order valence-corrected chi connectivity index (χ4v) is 2.13. The van der Waals surface area contributed by atoms with Crippen LogP contribution in [0.5, 0.6) is 0 Å². The fraction of sp³-hybridized carbons (Fsp3) is 0.538. The van der Waals surface area contributed by atoms with Gasteiger partial charge in [-0.25, -0.2) is 0 Å². The van der Waals surface area contributed by atoms with Crippen molar-refractivity contribution in [2.45, 2.75) is 45.4 Å². The Kier molecular flexibility index (Phi) is 2.15. The molecule has 0 nitrogen and oxygen atoms in total. The van der Waals surface area contributed by atoms with Crippen molar-refractivity contribution in [3.63, 3.8) is 0 Å². The van der Waals surface area contributed by atoms with Crippen molar-refractivity contribution < 1.29 is 0 Å². The summed E-state index contributed by atoms with van der Waals surface area (Å²) in [6.45, 7) is 6.83. The van der Waals surface area contributed by atoms with Crippen LogP contribution in [-0.4, -0.2) is 0 Å². The summed E-state index contributed by atoms with van der Waals surface area (Å²) in [5, 5.41) is 0. The highest BCUT2D eigenvalue weighted by Gasteiger charge is 2.25. The molecule has 70 valence electrons. The molecule has 0 unspecified atom stereocenters. The van der Waals surface area contributed by atoms with Gasteiger partial charge in [-0.15, -0.1) is 0 Å². The van der Waals surface area contributed by atoms with Gasteiger partial charge in [0.05, 0.1) is 0 Å². The minimum Gasteiger partial charge on any atom is -0.0617 e. The van der Waals surface area contributed by atoms with E-state index in [4.69, 9.17) is 0 Å². The molecular formula is C13H18. The van der Waals surface area contributed by atoms with Crippen molar-refractivity contribution in [1.29, 1.82) is 0 Å². The molecule has 1 aliphatic rings. The summed E-state index contributed by atoms with van der Waals surface area (Å²) in [6, 6.07) is 6.79. The summed E-state index contributed by atoms with van der Waals surface area (Å²) >= 11 is 0. The molecule has 1 aromatic carbocycles. The zero-order valence-corrected chi connectivity index (χ0v) is 8.80. The van der Waals surface area contributed by atoms with E-state index >= 15 is 0 Å².